The first-order chi connectivity index (χ1) is 12.3. The number of hydrogen-bond donors (Lipinski definition) is 1. The summed E-state index contributed by atoms with van der Waals surface area (Å²) in [6.07, 6.45) is 1.12. The van der Waals surface area contributed by atoms with Crippen LogP contribution in [0, 0.1) is 28.1 Å². The number of aliphatic hydroxyl groups excluding tert-OH is 1. The standard InChI is InChI=1S/C20H32O6/c1-12-9-24-13(16(12)22)8-19-10-25-17-20(19,5-6-23-17)14(18(2,3)4)7-15(19)26-11-21/h11-17,22H,5-10H2,1-4H3/t12-,13?,14+,15?,16-,17?,19?,20?/m1/s1. The van der Waals surface area contributed by atoms with Crippen molar-refractivity contribution in [2.75, 3.05) is 19.8 Å². The van der Waals surface area contributed by atoms with E-state index in [-0.39, 0.29) is 40.7 Å². The Morgan fingerprint density at radius 2 is 2.04 bits per heavy atom. The van der Waals surface area contributed by atoms with Crippen LogP contribution in [0.5, 0.6) is 0 Å². The van der Waals surface area contributed by atoms with Gasteiger partial charge in [-0.3, -0.25) is 4.79 Å². The zero-order chi connectivity index (χ0) is 18.7. The van der Waals surface area contributed by atoms with Crippen molar-refractivity contribution in [3.8, 4) is 0 Å². The smallest absolute Gasteiger partial charge is 0.293 e. The number of aliphatic hydroxyl groups is 1. The van der Waals surface area contributed by atoms with E-state index in [0.29, 0.717) is 38.6 Å². The predicted octanol–water partition coefficient (Wildman–Crippen LogP) is 2.13. The Hall–Kier alpha value is -0.690. The van der Waals surface area contributed by atoms with E-state index >= 15 is 0 Å². The first kappa shape index (κ1) is 18.7. The van der Waals surface area contributed by atoms with Gasteiger partial charge < -0.3 is 24.1 Å². The lowest BCUT2D eigenvalue weighted by atomic mass is 9.55. The van der Waals surface area contributed by atoms with Gasteiger partial charge in [0.15, 0.2) is 6.29 Å². The molecule has 4 rings (SSSR count). The molecule has 4 aliphatic rings. The second-order valence-electron chi connectivity index (χ2n) is 9.88. The Bertz CT molecular complexity index is 559. The Balaban J connectivity index is 1.76. The van der Waals surface area contributed by atoms with Crippen LogP contribution in [0.3, 0.4) is 0 Å². The van der Waals surface area contributed by atoms with Gasteiger partial charge in [-0.25, -0.2) is 0 Å². The van der Waals surface area contributed by atoms with E-state index in [4.69, 9.17) is 18.9 Å². The summed E-state index contributed by atoms with van der Waals surface area (Å²) in [5.74, 6) is 0.432. The van der Waals surface area contributed by atoms with Gasteiger partial charge in [0.2, 0.25) is 0 Å². The van der Waals surface area contributed by atoms with Gasteiger partial charge in [0, 0.05) is 16.7 Å². The van der Waals surface area contributed by atoms with Crippen LogP contribution < -0.4 is 0 Å². The highest BCUT2D eigenvalue weighted by Gasteiger charge is 2.76. The van der Waals surface area contributed by atoms with Crippen LogP contribution in [0.2, 0.25) is 0 Å². The SMILES string of the molecule is C[C@@H]1COC(CC23COC4OCCC42[C@H](C(C)(C)C)CC3OC=O)[C@@H]1O. The molecule has 3 heterocycles. The quantitative estimate of drug-likeness (QED) is 0.767. The first-order valence-corrected chi connectivity index (χ1v) is 9.88. The fourth-order valence-electron chi connectivity index (χ4n) is 6.51. The van der Waals surface area contributed by atoms with E-state index in [9.17, 15) is 9.90 Å². The molecule has 26 heavy (non-hydrogen) atoms. The third kappa shape index (κ3) is 2.35. The van der Waals surface area contributed by atoms with E-state index in [1.807, 2.05) is 6.92 Å². The zero-order valence-electron chi connectivity index (χ0n) is 16.3. The maximum atomic E-state index is 11.3. The Kier molecular flexibility index (Phi) is 4.42. The summed E-state index contributed by atoms with van der Waals surface area (Å²) in [5.41, 5.74) is -0.537. The predicted molar refractivity (Wildman–Crippen MR) is 93.2 cm³/mol. The molecule has 4 fully saturated rings. The Morgan fingerprint density at radius 1 is 1.27 bits per heavy atom. The van der Waals surface area contributed by atoms with Gasteiger partial charge in [0.25, 0.3) is 6.47 Å². The highest BCUT2D eigenvalue weighted by molar-refractivity contribution is 5.39. The van der Waals surface area contributed by atoms with Crippen molar-refractivity contribution in [2.45, 2.75) is 71.6 Å². The molecule has 0 aromatic rings. The van der Waals surface area contributed by atoms with E-state index in [0.717, 1.165) is 12.8 Å². The molecule has 0 aromatic heterocycles. The fourth-order valence-corrected chi connectivity index (χ4v) is 6.51. The summed E-state index contributed by atoms with van der Waals surface area (Å²) in [4.78, 5) is 11.3. The number of rotatable bonds is 4. The summed E-state index contributed by atoms with van der Waals surface area (Å²) in [6.45, 7) is 11.0. The molecule has 8 atom stereocenters. The molecule has 1 aliphatic carbocycles. The molecule has 1 N–H and O–H groups in total. The van der Waals surface area contributed by atoms with Gasteiger partial charge in [-0.15, -0.1) is 0 Å². The maximum Gasteiger partial charge on any atom is 0.293 e. The van der Waals surface area contributed by atoms with Crippen LogP contribution in [0.1, 0.15) is 47.0 Å². The van der Waals surface area contributed by atoms with Crippen LogP contribution in [0.15, 0.2) is 0 Å². The van der Waals surface area contributed by atoms with Gasteiger partial charge in [-0.1, -0.05) is 27.7 Å². The lowest BCUT2D eigenvalue weighted by molar-refractivity contribution is -0.145. The fraction of sp³-hybridized carbons (Fsp3) is 0.950. The molecule has 1 saturated carbocycles. The number of carbonyl (C=O) groups is 1. The van der Waals surface area contributed by atoms with Gasteiger partial charge in [-0.05, 0) is 30.6 Å². The van der Waals surface area contributed by atoms with Crippen LogP contribution in [0.4, 0.5) is 0 Å². The van der Waals surface area contributed by atoms with Crippen molar-refractivity contribution in [2.24, 2.45) is 28.1 Å². The van der Waals surface area contributed by atoms with Crippen molar-refractivity contribution < 1.29 is 28.8 Å². The third-order valence-corrected chi connectivity index (χ3v) is 7.68. The monoisotopic (exact) mass is 368 g/mol. The van der Waals surface area contributed by atoms with E-state index in [1.165, 1.54) is 0 Å². The van der Waals surface area contributed by atoms with Gasteiger partial charge in [-0.2, -0.15) is 0 Å². The summed E-state index contributed by atoms with van der Waals surface area (Å²) in [6, 6.07) is 0. The molecule has 6 nitrogen and oxygen atoms in total. The molecule has 0 aromatic carbocycles. The van der Waals surface area contributed by atoms with Crippen molar-refractivity contribution in [3.05, 3.63) is 0 Å². The maximum absolute atomic E-state index is 11.3. The lowest BCUT2D eigenvalue weighted by Crippen LogP contribution is -2.51. The van der Waals surface area contributed by atoms with Crippen LogP contribution in [0.25, 0.3) is 0 Å². The van der Waals surface area contributed by atoms with Crippen LogP contribution in [-0.2, 0) is 23.7 Å². The minimum Gasteiger partial charge on any atom is -0.464 e. The number of ether oxygens (including phenoxy) is 4. The minimum absolute atomic E-state index is 0.0360. The molecule has 148 valence electrons. The third-order valence-electron chi connectivity index (χ3n) is 7.68. The second kappa shape index (κ2) is 6.16. The van der Waals surface area contributed by atoms with Crippen molar-refractivity contribution in [1.29, 1.82) is 0 Å². The molecule has 0 bridgehead atoms. The summed E-state index contributed by atoms with van der Waals surface area (Å²) in [7, 11) is 0. The van der Waals surface area contributed by atoms with Gasteiger partial charge >= 0.3 is 0 Å². The van der Waals surface area contributed by atoms with Crippen molar-refractivity contribution in [3.63, 3.8) is 0 Å². The largest absolute Gasteiger partial charge is 0.464 e. The number of hydrogen-bond acceptors (Lipinski definition) is 6. The normalized spacial score (nSPS) is 50.7. The molecule has 5 unspecified atom stereocenters. The second-order valence-corrected chi connectivity index (χ2v) is 9.88. The molecule has 0 radical (unpaired) electrons. The topological polar surface area (TPSA) is 74.2 Å². The van der Waals surface area contributed by atoms with E-state index in [1.54, 1.807) is 0 Å². The first-order valence-electron chi connectivity index (χ1n) is 9.88. The van der Waals surface area contributed by atoms with Gasteiger partial charge in [0.1, 0.15) is 6.10 Å². The van der Waals surface area contributed by atoms with E-state index in [2.05, 4.69) is 20.8 Å². The summed E-state index contributed by atoms with van der Waals surface area (Å²) >= 11 is 0. The molecule has 6 heteroatoms. The van der Waals surface area contributed by atoms with Crippen molar-refractivity contribution >= 4 is 6.47 Å². The Labute approximate surface area is 155 Å². The highest BCUT2D eigenvalue weighted by Crippen LogP contribution is 2.72. The average molecular weight is 368 g/mol. The molecule has 3 saturated heterocycles. The zero-order valence-corrected chi connectivity index (χ0v) is 16.3. The van der Waals surface area contributed by atoms with Crippen LogP contribution in [-0.4, -0.2) is 56.0 Å². The molecular formula is C20H32O6. The molecule has 3 aliphatic heterocycles. The molecule has 0 amide bonds. The summed E-state index contributed by atoms with van der Waals surface area (Å²) < 4.78 is 23.8. The highest BCUT2D eigenvalue weighted by atomic mass is 16.7. The van der Waals surface area contributed by atoms with E-state index < -0.39 is 6.10 Å². The lowest BCUT2D eigenvalue weighted by Gasteiger charge is -2.47. The minimum atomic E-state index is -0.492. The van der Waals surface area contributed by atoms with Crippen molar-refractivity contribution in [1.82, 2.24) is 0 Å². The molecular weight excluding hydrogens is 336 g/mol. The number of carbonyl (C=O) groups excluding carboxylic acids is 1. The Morgan fingerprint density at radius 3 is 2.65 bits per heavy atom. The summed E-state index contributed by atoms with van der Waals surface area (Å²) in [5, 5.41) is 10.6. The van der Waals surface area contributed by atoms with Gasteiger partial charge in [0.05, 0.1) is 32.0 Å². The molecule has 1 spiro atoms. The van der Waals surface area contributed by atoms with Crippen LogP contribution >= 0.6 is 0 Å². The average Bonchev–Trinajstić information content (AvgIpc) is 3.25.